The van der Waals surface area contributed by atoms with Gasteiger partial charge in [0.2, 0.25) is 5.91 Å². The second-order valence-corrected chi connectivity index (χ2v) is 8.07. The second-order valence-electron chi connectivity index (χ2n) is 8.07. The Balaban J connectivity index is 1.38. The quantitative estimate of drug-likeness (QED) is 0.660. The van der Waals surface area contributed by atoms with Crippen LogP contribution in [-0.4, -0.2) is 33.9 Å². The third-order valence-electron chi connectivity index (χ3n) is 5.80. The zero-order chi connectivity index (χ0) is 21.6. The van der Waals surface area contributed by atoms with E-state index in [9.17, 15) is 4.79 Å². The number of piperidine rings is 1. The number of hydrogen-bond acceptors (Lipinski definition) is 5. The first-order valence-electron chi connectivity index (χ1n) is 11.0. The highest BCUT2D eigenvalue weighted by Crippen LogP contribution is 2.25. The number of aromatic nitrogens is 3. The molecule has 6 nitrogen and oxygen atoms in total. The standard InChI is InChI=1S/C25H29N5O/c1-3-21-16-23(29-24(28-21)22-6-4-5-13-26-22)30-14-11-20(12-15-30)25(31)27-17-19-9-7-18(2)8-10-19/h4-10,13,16,20H,3,11-12,14-15,17H2,1-2H3,(H,27,31). The van der Waals surface area contributed by atoms with Crippen LogP contribution in [-0.2, 0) is 17.8 Å². The number of aryl methyl sites for hydroxylation is 2. The monoisotopic (exact) mass is 415 g/mol. The maximum Gasteiger partial charge on any atom is 0.223 e. The molecule has 3 heterocycles. The summed E-state index contributed by atoms with van der Waals surface area (Å²) >= 11 is 0. The van der Waals surface area contributed by atoms with Gasteiger partial charge in [0.25, 0.3) is 0 Å². The summed E-state index contributed by atoms with van der Waals surface area (Å²) in [5, 5.41) is 3.10. The maximum atomic E-state index is 12.7. The lowest BCUT2D eigenvalue weighted by Crippen LogP contribution is -2.40. The molecule has 0 unspecified atom stereocenters. The number of hydrogen-bond donors (Lipinski definition) is 1. The minimum Gasteiger partial charge on any atom is -0.356 e. The maximum absolute atomic E-state index is 12.7. The number of nitrogens with zero attached hydrogens (tertiary/aromatic N) is 4. The molecule has 1 N–H and O–H groups in total. The van der Waals surface area contributed by atoms with Gasteiger partial charge in [0.15, 0.2) is 5.82 Å². The van der Waals surface area contributed by atoms with Crippen LogP contribution in [0.2, 0.25) is 0 Å². The van der Waals surface area contributed by atoms with Crippen molar-refractivity contribution in [2.75, 3.05) is 18.0 Å². The lowest BCUT2D eigenvalue weighted by Gasteiger charge is -2.32. The van der Waals surface area contributed by atoms with E-state index in [-0.39, 0.29) is 11.8 Å². The lowest BCUT2D eigenvalue weighted by molar-refractivity contribution is -0.125. The van der Waals surface area contributed by atoms with E-state index in [2.05, 4.69) is 64.4 Å². The number of carbonyl (C=O) groups is 1. The van der Waals surface area contributed by atoms with Crippen molar-refractivity contribution in [3.05, 3.63) is 71.5 Å². The summed E-state index contributed by atoms with van der Waals surface area (Å²) in [5.41, 5.74) is 4.14. The van der Waals surface area contributed by atoms with Crippen molar-refractivity contribution in [2.24, 2.45) is 5.92 Å². The van der Waals surface area contributed by atoms with Crippen molar-refractivity contribution in [1.82, 2.24) is 20.3 Å². The van der Waals surface area contributed by atoms with Crippen molar-refractivity contribution in [1.29, 1.82) is 0 Å². The minimum atomic E-state index is 0.0458. The van der Waals surface area contributed by atoms with Gasteiger partial charge in [-0.3, -0.25) is 9.78 Å². The van der Waals surface area contributed by atoms with Gasteiger partial charge in [-0.15, -0.1) is 0 Å². The highest BCUT2D eigenvalue weighted by atomic mass is 16.1. The summed E-state index contributed by atoms with van der Waals surface area (Å²) < 4.78 is 0. The Bertz CT molecular complexity index is 1010. The molecule has 31 heavy (non-hydrogen) atoms. The number of rotatable bonds is 6. The summed E-state index contributed by atoms with van der Waals surface area (Å²) in [6.07, 6.45) is 4.25. The van der Waals surface area contributed by atoms with Gasteiger partial charge in [-0.25, -0.2) is 9.97 Å². The second kappa shape index (κ2) is 9.69. The summed E-state index contributed by atoms with van der Waals surface area (Å²) in [7, 11) is 0. The Labute approximate surface area is 183 Å². The van der Waals surface area contributed by atoms with Crippen molar-refractivity contribution < 1.29 is 4.79 Å². The van der Waals surface area contributed by atoms with E-state index >= 15 is 0 Å². The smallest absolute Gasteiger partial charge is 0.223 e. The van der Waals surface area contributed by atoms with Crippen molar-refractivity contribution in [2.45, 2.75) is 39.7 Å². The van der Waals surface area contributed by atoms with Gasteiger partial charge in [-0.2, -0.15) is 0 Å². The average molecular weight is 416 g/mol. The topological polar surface area (TPSA) is 71.0 Å². The molecule has 0 saturated carbocycles. The Hall–Kier alpha value is -3.28. The van der Waals surface area contributed by atoms with Gasteiger partial charge in [-0.1, -0.05) is 42.8 Å². The number of amides is 1. The summed E-state index contributed by atoms with van der Waals surface area (Å²) in [6.45, 7) is 6.36. The van der Waals surface area contributed by atoms with E-state index in [1.165, 1.54) is 5.56 Å². The lowest BCUT2D eigenvalue weighted by atomic mass is 9.95. The molecule has 0 spiro atoms. The van der Waals surface area contributed by atoms with Crippen LogP contribution in [0.5, 0.6) is 0 Å². The molecule has 1 saturated heterocycles. The van der Waals surface area contributed by atoms with E-state index in [0.717, 1.165) is 55.1 Å². The first-order chi connectivity index (χ1) is 15.1. The molecule has 6 heteroatoms. The molecule has 1 amide bonds. The van der Waals surface area contributed by atoms with Crippen LogP contribution in [0.1, 0.15) is 36.6 Å². The molecule has 3 aromatic rings. The fourth-order valence-corrected chi connectivity index (χ4v) is 3.85. The third kappa shape index (κ3) is 5.26. The molecule has 0 radical (unpaired) electrons. The third-order valence-corrected chi connectivity index (χ3v) is 5.80. The van der Waals surface area contributed by atoms with Gasteiger partial charge < -0.3 is 10.2 Å². The van der Waals surface area contributed by atoms with Crippen LogP contribution in [0.4, 0.5) is 5.82 Å². The first kappa shape index (κ1) is 21.0. The predicted octanol–water partition coefficient (Wildman–Crippen LogP) is 3.94. The zero-order valence-electron chi connectivity index (χ0n) is 18.2. The van der Waals surface area contributed by atoms with Crippen LogP contribution in [0.15, 0.2) is 54.7 Å². The normalized spacial score (nSPS) is 14.5. The summed E-state index contributed by atoms with van der Waals surface area (Å²) in [4.78, 5) is 28.8. The Kier molecular flexibility index (Phi) is 6.55. The number of nitrogens with one attached hydrogen (secondary N) is 1. The van der Waals surface area contributed by atoms with E-state index in [4.69, 9.17) is 4.98 Å². The number of pyridine rings is 1. The minimum absolute atomic E-state index is 0.0458. The molecule has 1 aliphatic heterocycles. The van der Waals surface area contributed by atoms with Crippen LogP contribution in [0.25, 0.3) is 11.5 Å². The number of anilines is 1. The molecule has 1 aromatic carbocycles. The Morgan fingerprint density at radius 2 is 1.87 bits per heavy atom. The molecule has 1 fully saturated rings. The Morgan fingerprint density at radius 1 is 1.10 bits per heavy atom. The van der Waals surface area contributed by atoms with E-state index in [1.54, 1.807) is 6.20 Å². The highest BCUT2D eigenvalue weighted by molar-refractivity contribution is 5.79. The number of benzene rings is 1. The van der Waals surface area contributed by atoms with Gasteiger partial charge in [0.05, 0.1) is 0 Å². The molecular formula is C25H29N5O. The molecule has 1 aliphatic rings. The van der Waals surface area contributed by atoms with Crippen molar-refractivity contribution >= 4 is 11.7 Å². The van der Waals surface area contributed by atoms with Crippen LogP contribution >= 0.6 is 0 Å². The molecule has 0 atom stereocenters. The largest absolute Gasteiger partial charge is 0.356 e. The summed E-state index contributed by atoms with van der Waals surface area (Å²) in [6, 6.07) is 16.1. The molecule has 0 aliphatic carbocycles. The van der Waals surface area contributed by atoms with Crippen LogP contribution in [0, 0.1) is 12.8 Å². The fourth-order valence-electron chi connectivity index (χ4n) is 3.85. The molecule has 4 rings (SSSR count). The molecule has 2 aromatic heterocycles. The van der Waals surface area contributed by atoms with Crippen LogP contribution < -0.4 is 10.2 Å². The number of carbonyl (C=O) groups excluding carboxylic acids is 1. The van der Waals surface area contributed by atoms with Crippen molar-refractivity contribution in [3.8, 4) is 11.5 Å². The zero-order valence-corrected chi connectivity index (χ0v) is 18.2. The van der Waals surface area contributed by atoms with Gasteiger partial charge in [0.1, 0.15) is 11.5 Å². The predicted molar refractivity (Wildman–Crippen MR) is 123 cm³/mol. The van der Waals surface area contributed by atoms with Gasteiger partial charge in [0, 0.05) is 43.5 Å². The Morgan fingerprint density at radius 3 is 2.55 bits per heavy atom. The van der Waals surface area contributed by atoms with Gasteiger partial charge in [-0.05, 0) is 43.9 Å². The highest BCUT2D eigenvalue weighted by Gasteiger charge is 2.26. The van der Waals surface area contributed by atoms with Gasteiger partial charge >= 0.3 is 0 Å². The fraction of sp³-hybridized carbons (Fsp3) is 0.360. The molecule has 160 valence electrons. The van der Waals surface area contributed by atoms with Crippen LogP contribution in [0.3, 0.4) is 0 Å². The van der Waals surface area contributed by atoms with E-state index < -0.39 is 0 Å². The first-order valence-corrected chi connectivity index (χ1v) is 11.0. The summed E-state index contributed by atoms with van der Waals surface area (Å²) in [5.74, 6) is 1.77. The van der Waals surface area contributed by atoms with E-state index in [0.29, 0.717) is 12.4 Å². The average Bonchev–Trinajstić information content (AvgIpc) is 2.84. The SMILES string of the molecule is CCc1cc(N2CCC(C(=O)NCc3ccc(C)cc3)CC2)nc(-c2ccccn2)n1. The molecular weight excluding hydrogens is 386 g/mol. The van der Waals surface area contributed by atoms with Crippen molar-refractivity contribution in [3.63, 3.8) is 0 Å². The van der Waals surface area contributed by atoms with E-state index in [1.807, 2.05) is 18.2 Å². The molecule has 0 bridgehead atoms.